The van der Waals surface area contributed by atoms with Crippen LogP contribution in [0.1, 0.15) is 85.3 Å². The largest absolute Gasteiger partial charge is 0.476 e. The van der Waals surface area contributed by atoms with E-state index in [9.17, 15) is 19.2 Å². The number of hydrogen-bond donors (Lipinski definition) is 1. The Hall–Kier alpha value is -4.12. The van der Waals surface area contributed by atoms with Gasteiger partial charge in [0, 0.05) is 45.1 Å². The van der Waals surface area contributed by atoms with E-state index in [1.165, 1.54) is 4.90 Å². The number of piperidine rings is 1. The van der Waals surface area contributed by atoms with Crippen molar-refractivity contribution in [2.45, 2.75) is 96.9 Å². The number of hydrogen-bond acceptors (Lipinski definition) is 7. The van der Waals surface area contributed by atoms with Gasteiger partial charge in [-0.25, -0.2) is 4.79 Å². The number of rotatable bonds is 11. The Kier molecular flexibility index (Phi) is 10.9. The highest BCUT2D eigenvalue weighted by Crippen LogP contribution is 2.43. The van der Waals surface area contributed by atoms with E-state index in [1.807, 2.05) is 55.5 Å². The van der Waals surface area contributed by atoms with Crippen LogP contribution in [0.4, 0.5) is 16.2 Å². The average molecular weight is 677 g/mol. The molecule has 2 heterocycles. The maximum atomic E-state index is 14.6. The van der Waals surface area contributed by atoms with E-state index in [0.29, 0.717) is 49.5 Å². The van der Waals surface area contributed by atoms with Gasteiger partial charge in [0.15, 0.2) is 5.60 Å². The lowest BCUT2D eigenvalue weighted by Crippen LogP contribution is -2.54. The highest BCUT2D eigenvalue weighted by molar-refractivity contribution is 6.04. The summed E-state index contributed by atoms with van der Waals surface area (Å²) in [6.07, 6.45) is 2.76. The Bertz CT molecular complexity index is 1520. The Balaban J connectivity index is 1.43. The lowest BCUT2D eigenvalue weighted by Gasteiger charge is -2.40. The van der Waals surface area contributed by atoms with Gasteiger partial charge in [-0.05, 0) is 90.5 Å². The zero-order valence-electron chi connectivity index (χ0n) is 30.0. The van der Waals surface area contributed by atoms with Gasteiger partial charge >= 0.3 is 6.09 Å². The highest BCUT2D eigenvalue weighted by atomic mass is 16.6. The molecule has 49 heavy (non-hydrogen) atoms. The lowest BCUT2D eigenvalue weighted by atomic mass is 9.87. The van der Waals surface area contributed by atoms with Crippen LogP contribution in [0.25, 0.3) is 0 Å². The molecule has 1 N–H and O–H groups in total. The summed E-state index contributed by atoms with van der Waals surface area (Å²) in [5.41, 5.74) is 0.496. The maximum absolute atomic E-state index is 14.6. The summed E-state index contributed by atoms with van der Waals surface area (Å²) in [5, 5.41) is 3.18. The van der Waals surface area contributed by atoms with E-state index in [1.54, 1.807) is 51.5 Å². The number of likely N-dealkylation sites (tertiary alicyclic amines) is 1. The van der Waals surface area contributed by atoms with Crippen molar-refractivity contribution >= 4 is 35.2 Å². The Morgan fingerprint density at radius 2 is 1.76 bits per heavy atom. The average Bonchev–Trinajstić information content (AvgIpc) is 3.90. The molecule has 3 aliphatic rings. The fourth-order valence-electron chi connectivity index (χ4n) is 6.68. The third kappa shape index (κ3) is 8.55. The standard InChI is InChI=1S/C38H52N4O7/c1-8-30(25-13-10-9-11-14-25)39-33(43)26-21-27(24-40(23-26)36(46)49-37(2,3)4)34(44)42(28-15-16-28)29-17-18-32-31(22-29)41(19-12-20-47-7)35(45)38(5,6)48-32/h9-11,13-14,17-18,22,26-28,30H,8,12,15-16,19-21,23-24H2,1-7H3,(H,39,43)/t26-,27+,30-/m0/s1. The molecule has 11 nitrogen and oxygen atoms in total. The molecule has 2 aliphatic heterocycles. The van der Waals surface area contributed by atoms with Gasteiger partial charge in [-0.3, -0.25) is 14.4 Å². The van der Waals surface area contributed by atoms with Crippen molar-refractivity contribution in [1.29, 1.82) is 0 Å². The Morgan fingerprint density at radius 1 is 1.06 bits per heavy atom. The van der Waals surface area contributed by atoms with Gasteiger partial charge in [-0.2, -0.15) is 0 Å². The van der Waals surface area contributed by atoms with Gasteiger partial charge in [0.1, 0.15) is 11.4 Å². The van der Waals surface area contributed by atoms with Gasteiger partial charge < -0.3 is 34.2 Å². The molecule has 0 bridgehead atoms. The maximum Gasteiger partial charge on any atom is 0.410 e. The second kappa shape index (κ2) is 14.8. The molecule has 11 heteroatoms. The minimum absolute atomic E-state index is 0.0177. The Morgan fingerprint density at radius 3 is 2.39 bits per heavy atom. The topological polar surface area (TPSA) is 118 Å². The molecule has 0 unspecified atom stereocenters. The van der Waals surface area contributed by atoms with Crippen LogP contribution in [-0.2, 0) is 23.9 Å². The predicted molar refractivity (Wildman–Crippen MR) is 188 cm³/mol. The van der Waals surface area contributed by atoms with E-state index in [4.69, 9.17) is 14.2 Å². The number of carbonyl (C=O) groups excluding carboxylic acids is 4. The van der Waals surface area contributed by atoms with Crippen molar-refractivity contribution in [3.05, 3.63) is 54.1 Å². The number of amides is 4. The number of methoxy groups -OCH3 is 1. The van der Waals surface area contributed by atoms with Crippen molar-refractivity contribution < 1.29 is 33.4 Å². The molecule has 2 fully saturated rings. The van der Waals surface area contributed by atoms with Crippen molar-refractivity contribution in [3.8, 4) is 5.75 Å². The fraction of sp³-hybridized carbons (Fsp3) is 0.579. The van der Waals surface area contributed by atoms with Crippen molar-refractivity contribution in [2.24, 2.45) is 11.8 Å². The smallest absolute Gasteiger partial charge is 0.410 e. The van der Waals surface area contributed by atoms with Crippen molar-refractivity contribution in [1.82, 2.24) is 10.2 Å². The van der Waals surface area contributed by atoms with Crippen LogP contribution in [-0.4, -0.2) is 79.3 Å². The summed E-state index contributed by atoms with van der Waals surface area (Å²) in [5.74, 6) is -1.19. The number of ether oxygens (including phenoxy) is 3. The van der Waals surface area contributed by atoms with Gasteiger partial charge in [-0.15, -0.1) is 0 Å². The number of nitrogens with zero attached hydrogens (tertiary/aromatic N) is 3. The second-order valence-corrected chi connectivity index (χ2v) is 14.9. The fourth-order valence-corrected chi connectivity index (χ4v) is 6.68. The third-order valence-electron chi connectivity index (χ3n) is 9.27. The first-order valence-electron chi connectivity index (χ1n) is 17.5. The number of anilines is 2. The number of nitrogens with one attached hydrogen (secondary N) is 1. The van der Waals surface area contributed by atoms with Gasteiger partial charge in [0.2, 0.25) is 11.8 Å². The minimum atomic E-state index is -1.03. The molecular formula is C38H52N4O7. The number of fused-ring (bicyclic) bond motifs is 1. The minimum Gasteiger partial charge on any atom is -0.476 e. The van der Waals surface area contributed by atoms with Gasteiger partial charge in [-0.1, -0.05) is 37.3 Å². The van der Waals surface area contributed by atoms with Crippen LogP contribution >= 0.6 is 0 Å². The molecule has 0 radical (unpaired) electrons. The van der Waals surface area contributed by atoms with Gasteiger partial charge in [0.25, 0.3) is 5.91 Å². The summed E-state index contributed by atoms with van der Waals surface area (Å²) < 4.78 is 17.1. The van der Waals surface area contributed by atoms with E-state index in [2.05, 4.69) is 5.32 Å². The molecule has 0 aromatic heterocycles. The Labute approximate surface area is 290 Å². The molecule has 2 aromatic rings. The first kappa shape index (κ1) is 36.2. The summed E-state index contributed by atoms with van der Waals surface area (Å²) in [4.78, 5) is 60.4. The van der Waals surface area contributed by atoms with Crippen LogP contribution in [0.2, 0.25) is 0 Å². The third-order valence-corrected chi connectivity index (χ3v) is 9.27. The summed E-state index contributed by atoms with van der Waals surface area (Å²) in [6.45, 7) is 12.2. The van der Waals surface area contributed by atoms with Crippen LogP contribution in [0, 0.1) is 11.8 Å². The summed E-state index contributed by atoms with van der Waals surface area (Å²) in [6, 6.07) is 15.1. The number of benzene rings is 2. The lowest BCUT2D eigenvalue weighted by molar-refractivity contribution is -0.133. The molecule has 5 rings (SSSR count). The van der Waals surface area contributed by atoms with E-state index < -0.39 is 29.1 Å². The molecule has 266 valence electrons. The van der Waals surface area contributed by atoms with Crippen LogP contribution < -0.4 is 19.9 Å². The molecule has 1 aliphatic carbocycles. The first-order chi connectivity index (χ1) is 23.2. The van der Waals surface area contributed by atoms with Crippen LogP contribution in [0.5, 0.6) is 5.75 Å². The summed E-state index contributed by atoms with van der Waals surface area (Å²) in [7, 11) is 1.63. The SMILES string of the molecule is CC[C@H](NC(=O)[C@H]1C[C@@H](C(=O)N(c2ccc3c(c2)N(CCCOC)C(=O)C(C)(C)O3)C2CC2)CN(C(=O)OC(C)(C)C)C1)c1ccccc1. The normalized spacial score (nSPS) is 20.9. The molecule has 0 spiro atoms. The highest BCUT2D eigenvalue weighted by Gasteiger charge is 2.45. The quantitative estimate of drug-likeness (QED) is 0.296. The molecule has 3 atom stereocenters. The van der Waals surface area contributed by atoms with E-state index in [-0.39, 0.29) is 42.9 Å². The van der Waals surface area contributed by atoms with Crippen molar-refractivity contribution in [3.63, 3.8) is 0 Å². The van der Waals surface area contributed by atoms with Crippen LogP contribution in [0.3, 0.4) is 0 Å². The zero-order valence-corrected chi connectivity index (χ0v) is 30.0. The summed E-state index contributed by atoms with van der Waals surface area (Å²) >= 11 is 0. The van der Waals surface area contributed by atoms with Crippen molar-refractivity contribution in [2.75, 3.05) is 43.2 Å². The molecule has 1 saturated heterocycles. The molecule has 4 amide bonds. The van der Waals surface area contributed by atoms with E-state index >= 15 is 0 Å². The first-order valence-corrected chi connectivity index (χ1v) is 17.5. The monoisotopic (exact) mass is 676 g/mol. The van der Waals surface area contributed by atoms with Crippen LogP contribution in [0.15, 0.2) is 48.5 Å². The molecule has 2 aromatic carbocycles. The zero-order chi connectivity index (χ0) is 35.5. The predicted octanol–water partition coefficient (Wildman–Crippen LogP) is 5.86. The second-order valence-electron chi connectivity index (χ2n) is 14.9. The number of carbonyl (C=O) groups is 4. The van der Waals surface area contributed by atoms with Gasteiger partial charge in [0.05, 0.1) is 23.6 Å². The molecular weight excluding hydrogens is 624 g/mol. The van der Waals surface area contributed by atoms with E-state index in [0.717, 1.165) is 18.4 Å². The molecule has 1 saturated carbocycles.